The number of hydrogen-bond donors (Lipinski definition) is 4. The van der Waals surface area contributed by atoms with Crippen LogP contribution in [0.15, 0.2) is 216 Å². The second-order valence-electron chi connectivity index (χ2n) is 29.9. The summed E-state index contributed by atoms with van der Waals surface area (Å²) in [6, 6.07) is 21.0. The van der Waals surface area contributed by atoms with Crippen LogP contribution in [0.1, 0.15) is 94.8 Å². The Labute approximate surface area is 765 Å². The van der Waals surface area contributed by atoms with E-state index in [9.17, 15) is 88.0 Å². The average molecular weight is 1960 g/mol. The van der Waals surface area contributed by atoms with Crippen LogP contribution < -0.4 is 40.2 Å². The van der Waals surface area contributed by atoms with Crippen molar-refractivity contribution in [1.29, 1.82) is 0 Å². The Morgan fingerprint density at radius 3 is 0.934 bits per heavy atom. The molecule has 52 heteroatoms. The number of amides is 4. The average Bonchev–Trinajstić information content (AvgIpc) is 1.27. The van der Waals surface area contributed by atoms with Crippen molar-refractivity contribution in [1.82, 2.24) is 97.5 Å². The van der Waals surface area contributed by atoms with Gasteiger partial charge >= 0.3 is 26.4 Å². The maximum atomic E-state index is 13.1. The molecule has 1 fully saturated rings. The van der Waals surface area contributed by atoms with E-state index in [1.807, 2.05) is 0 Å². The monoisotopic (exact) mass is 1960 g/mol. The Morgan fingerprint density at radius 2 is 0.669 bits per heavy atom. The molecule has 1 aliphatic carbocycles. The molecule has 0 radical (unpaired) electrons. The summed E-state index contributed by atoms with van der Waals surface area (Å²) in [4.78, 5) is 68.2. The van der Waals surface area contributed by atoms with Crippen molar-refractivity contribution < 1.29 is 107 Å². The number of aryl methyl sites for hydroxylation is 4. The molecule has 12 heterocycles. The molecule has 0 spiro atoms. The number of carbonyl (C=O) groups is 4. The van der Waals surface area contributed by atoms with E-state index in [1.54, 1.807) is 84.2 Å². The Balaban J connectivity index is 0.000000145. The summed E-state index contributed by atoms with van der Waals surface area (Å²) < 4.78 is 235. The SMILES string of the molecule is CC(C)S(=O)(=O)c1ccc(OC(F)F)c(-c2nn(C)cc2NC(=O)c2cnn3cccnc23)c1.CCCS(=O)(=O)c1ccc(OC(F)F)c(-c2nn(C)cc2NC(=O)c2cnn3cccnc23)c1.CCS(=O)(=O)c1ccc(OC(F)F)c(-c2nn(C)cc2NC(=O)c2cnn3cccnc23)c1.Cn1cc(NC(=O)c2cnn3cccnc23)c(-c2cc(S(=O)(=O)C3CCC3)ccc2OC(F)F)n1. The van der Waals surface area contributed by atoms with Gasteiger partial charge in [-0.2, -0.15) is 75.9 Å². The maximum Gasteiger partial charge on any atom is 0.387 e. The molecule has 0 saturated heterocycles. The van der Waals surface area contributed by atoms with E-state index < -0.39 is 99.9 Å². The standard InChI is InChI=1S/C22H20F2N6O4S.2C21H20F2N6O4S.C20H18F2N6O4S/c1-29-12-17(27-21(31)16-11-26-30-9-3-8-25-20(16)30)19(28-29)15-10-14(6-7-18(15)34-22(23)24)35(32,33)13-4-2-5-13;1-12(2)34(31,32)13-5-6-17(33-21(22)23)14(9-13)18-16(11-28(3)27-18)26-20(30)15-10-25-29-8-4-7-24-19(15)29;1-3-9-34(31,32)13-5-6-17(33-21(22)23)14(10-13)18-16(12-28(2)27-18)26-20(30)15-11-25-29-8-4-7-24-19(15)29;1-3-33(30,31)12-5-6-16(32-20(21)22)13(9-12)17-15(11-27(2)26-17)25-19(29)14-10-24-28-8-4-7-23-18(14)28/h3,6-13,22H,2,4-5H2,1H3,(H,27,31);4-12,21H,1-3H3,(H,26,30);4-8,10-12,21H,3,9H2,1-2H3,(H,26,30);4-11,20H,3H2,1-2H3,(H,25,29). The summed E-state index contributed by atoms with van der Waals surface area (Å²) >= 11 is 0. The van der Waals surface area contributed by atoms with Crippen LogP contribution in [0.5, 0.6) is 23.0 Å². The molecule has 136 heavy (non-hydrogen) atoms. The fourth-order valence-corrected chi connectivity index (χ4v) is 19.0. The minimum atomic E-state index is -3.73. The van der Waals surface area contributed by atoms with Crippen LogP contribution in [0.3, 0.4) is 0 Å². The number of hydrogen-bond acceptors (Lipinski definition) is 28. The van der Waals surface area contributed by atoms with Crippen molar-refractivity contribution in [3.8, 4) is 68.0 Å². The highest BCUT2D eigenvalue weighted by atomic mass is 32.2. The second-order valence-corrected chi connectivity index (χ2v) is 39.0. The fraction of sp³-hybridized carbons (Fsp3) is 0.238. The van der Waals surface area contributed by atoms with Crippen molar-refractivity contribution in [3.63, 3.8) is 0 Å². The zero-order valence-corrected chi connectivity index (χ0v) is 75.6. The normalized spacial score (nSPS) is 12.5. The Hall–Kier alpha value is -15.5. The minimum absolute atomic E-state index is 0.00799. The summed E-state index contributed by atoms with van der Waals surface area (Å²) in [5.41, 5.74) is 2.85. The first-order valence-corrected chi connectivity index (χ1v) is 46.9. The summed E-state index contributed by atoms with van der Waals surface area (Å²) in [6.07, 6.45) is 26.1. The summed E-state index contributed by atoms with van der Waals surface area (Å²) in [5, 5.41) is 42.8. The van der Waals surface area contributed by atoms with Crippen molar-refractivity contribution in [2.75, 3.05) is 32.8 Å². The number of benzene rings is 4. The van der Waals surface area contributed by atoms with Crippen LogP contribution in [0, 0.1) is 0 Å². The van der Waals surface area contributed by atoms with Gasteiger partial charge in [-0.05, 0) is 130 Å². The molecule has 0 bridgehead atoms. The number of nitrogens with zero attached hydrogens (tertiary/aromatic N) is 20. The van der Waals surface area contributed by atoms with Gasteiger partial charge in [0.05, 0.1) is 89.1 Å². The van der Waals surface area contributed by atoms with Crippen LogP contribution in [-0.2, 0) is 67.5 Å². The van der Waals surface area contributed by atoms with Gasteiger partial charge < -0.3 is 40.2 Å². The Morgan fingerprint density at radius 1 is 0.397 bits per heavy atom. The van der Waals surface area contributed by atoms with Crippen LogP contribution in [0.2, 0.25) is 0 Å². The Bertz CT molecular complexity index is 7710. The van der Waals surface area contributed by atoms with Crippen LogP contribution in [0.4, 0.5) is 57.9 Å². The number of carbonyl (C=O) groups excluding carboxylic acids is 4. The molecule has 4 aromatic carbocycles. The third-order valence-electron chi connectivity index (χ3n) is 20.4. The first-order valence-electron chi connectivity index (χ1n) is 40.5. The molecule has 1 saturated carbocycles. The topological polar surface area (TPSA) is 482 Å². The highest BCUT2D eigenvalue weighted by Crippen LogP contribution is 2.44. The van der Waals surface area contributed by atoms with Gasteiger partial charge in [-0.15, -0.1) is 0 Å². The molecule has 0 atom stereocenters. The number of ether oxygens (including phenoxy) is 4. The summed E-state index contributed by atoms with van der Waals surface area (Å²) in [7, 11) is -8.40. The van der Waals surface area contributed by atoms with E-state index in [0.29, 0.717) is 41.9 Å². The molecule has 4 N–H and O–H groups in total. The third-order valence-corrected chi connectivity index (χ3v) is 28.5. The third kappa shape index (κ3) is 21.3. The zero-order chi connectivity index (χ0) is 97.6. The highest BCUT2D eigenvalue weighted by molar-refractivity contribution is 7.92. The molecule has 17 rings (SSSR count). The number of anilines is 4. The lowest BCUT2D eigenvalue weighted by atomic mass is 10.00. The van der Waals surface area contributed by atoms with E-state index in [0.717, 1.165) is 24.6 Å². The summed E-state index contributed by atoms with van der Waals surface area (Å²) in [5.74, 6) is -3.66. The molecular formula is C84H78F8N24O16S4. The molecule has 0 aliphatic heterocycles. The van der Waals surface area contributed by atoms with Gasteiger partial charge in [0.15, 0.2) is 61.9 Å². The van der Waals surface area contributed by atoms with Crippen molar-refractivity contribution >= 4 is 108 Å². The van der Waals surface area contributed by atoms with Crippen LogP contribution in [0.25, 0.3) is 67.6 Å². The number of alkyl halides is 8. The lowest BCUT2D eigenvalue weighted by Crippen LogP contribution is -2.28. The van der Waals surface area contributed by atoms with E-state index in [1.165, 1.54) is 187 Å². The number of sulfone groups is 4. The molecule has 4 amide bonds. The number of fused-ring (bicyclic) bond motifs is 4. The number of aromatic nitrogens is 20. The molecule has 12 aromatic heterocycles. The minimum Gasteiger partial charge on any atom is -0.434 e. The van der Waals surface area contributed by atoms with Gasteiger partial charge in [-0.3, -0.25) is 37.9 Å². The first kappa shape index (κ1) is 96.6. The van der Waals surface area contributed by atoms with Gasteiger partial charge in [0.2, 0.25) is 0 Å². The van der Waals surface area contributed by atoms with Crippen molar-refractivity contribution in [2.45, 2.75) is 110 Å². The van der Waals surface area contributed by atoms with E-state index in [2.05, 4.69) is 101 Å². The highest BCUT2D eigenvalue weighted by Gasteiger charge is 2.36. The van der Waals surface area contributed by atoms with E-state index >= 15 is 0 Å². The molecule has 16 aromatic rings. The van der Waals surface area contributed by atoms with Gasteiger partial charge in [0.25, 0.3) is 23.6 Å². The van der Waals surface area contributed by atoms with Crippen LogP contribution >= 0.6 is 0 Å². The maximum absolute atomic E-state index is 13.1. The van der Waals surface area contributed by atoms with Gasteiger partial charge in [-0.25, -0.2) is 71.7 Å². The number of rotatable bonds is 29. The van der Waals surface area contributed by atoms with E-state index in [4.69, 9.17) is 0 Å². The second kappa shape index (κ2) is 40.1. The molecule has 0 unspecified atom stereocenters. The smallest absolute Gasteiger partial charge is 0.387 e. The molecule has 40 nitrogen and oxygen atoms in total. The predicted octanol–water partition coefficient (Wildman–Crippen LogP) is 12.4. The van der Waals surface area contributed by atoms with Gasteiger partial charge in [-0.1, -0.05) is 20.3 Å². The zero-order valence-electron chi connectivity index (χ0n) is 72.3. The lowest BCUT2D eigenvalue weighted by Gasteiger charge is -2.25. The largest absolute Gasteiger partial charge is 0.434 e. The number of nitrogens with one attached hydrogen (secondary N) is 4. The lowest BCUT2D eigenvalue weighted by molar-refractivity contribution is -0.0501. The van der Waals surface area contributed by atoms with Gasteiger partial charge in [0, 0.05) is 125 Å². The number of halogens is 8. The summed E-state index contributed by atoms with van der Waals surface area (Å²) in [6.45, 7) is -6.39. The Kier molecular flexibility index (Phi) is 28.5. The molecule has 1 aliphatic rings. The van der Waals surface area contributed by atoms with Crippen LogP contribution in [-0.4, -0.2) is 203 Å². The van der Waals surface area contributed by atoms with Crippen molar-refractivity contribution in [3.05, 3.63) is 218 Å². The fourth-order valence-electron chi connectivity index (χ4n) is 13.8. The van der Waals surface area contributed by atoms with E-state index in [-0.39, 0.29) is 144 Å². The molecule has 710 valence electrons. The van der Waals surface area contributed by atoms with Crippen molar-refractivity contribution in [2.24, 2.45) is 28.2 Å². The molecular weight excluding hydrogens is 1880 g/mol. The predicted molar refractivity (Wildman–Crippen MR) is 472 cm³/mol. The van der Waals surface area contributed by atoms with Gasteiger partial charge in [0.1, 0.15) is 68.0 Å². The first-order chi connectivity index (χ1) is 64.7. The quantitative estimate of drug-likeness (QED) is 0.0316.